The molecule has 2 aromatic heterocycles. The van der Waals surface area contributed by atoms with E-state index in [-0.39, 0.29) is 0 Å². The minimum Gasteiger partial charge on any atom is -0.380 e. The largest absolute Gasteiger partial charge is 0.380 e. The second kappa shape index (κ2) is 4.45. The number of hydrogen-bond donors (Lipinski definition) is 1. The summed E-state index contributed by atoms with van der Waals surface area (Å²) in [7, 11) is 0. The van der Waals surface area contributed by atoms with Crippen LogP contribution in [-0.2, 0) is 6.54 Å². The Labute approximate surface area is 94.6 Å². The van der Waals surface area contributed by atoms with E-state index in [0.29, 0.717) is 5.82 Å². The van der Waals surface area contributed by atoms with Crippen molar-refractivity contribution in [3.05, 3.63) is 47.8 Å². The van der Waals surface area contributed by atoms with Gasteiger partial charge in [-0.05, 0) is 19.9 Å². The van der Waals surface area contributed by atoms with Gasteiger partial charge in [0.05, 0.1) is 0 Å². The van der Waals surface area contributed by atoms with Crippen molar-refractivity contribution in [3.8, 4) is 0 Å². The quantitative estimate of drug-likeness (QED) is 0.851. The van der Waals surface area contributed by atoms with E-state index >= 15 is 0 Å². The second-order valence-electron chi connectivity index (χ2n) is 3.71. The number of aliphatic hydroxyl groups excluding tert-OH is 1. The second-order valence-corrected chi connectivity index (χ2v) is 3.71. The van der Waals surface area contributed by atoms with Crippen LogP contribution in [0.25, 0.3) is 0 Å². The van der Waals surface area contributed by atoms with Crippen LogP contribution in [0.2, 0.25) is 0 Å². The summed E-state index contributed by atoms with van der Waals surface area (Å²) in [6.07, 6.45) is 4.54. The van der Waals surface area contributed by atoms with Crippen molar-refractivity contribution in [2.75, 3.05) is 0 Å². The topological polar surface area (TPSA) is 50.9 Å². The molecule has 4 nitrogen and oxygen atoms in total. The minimum atomic E-state index is -0.706. The molecule has 0 amide bonds. The molecule has 0 saturated carbocycles. The van der Waals surface area contributed by atoms with Gasteiger partial charge in [-0.25, -0.2) is 4.98 Å². The highest BCUT2D eigenvalue weighted by molar-refractivity contribution is 5.21. The predicted molar refractivity (Wildman–Crippen MR) is 60.9 cm³/mol. The number of rotatable bonds is 3. The summed E-state index contributed by atoms with van der Waals surface area (Å²) >= 11 is 0. The predicted octanol–water partition coefficient (Wildman–Crippen LogP) is 1.69. The number of hydrogen-bond acceptors (Lipinski definition) is 3. The Hall–Kier alpha value is -1.68. The maximum Gasteiger partial charge on any atom is 0.142 e. The van der Waals surface area contributed by atoms with Crippen molar-refractivity contribution in [1.82, 2.24) is 14.5 Å². The highest BCUT2D eigenvalue weighted by atomic mass is 16.3. The first kappa shape index (κ1) is 10.8. The molecule has 84 valence electrons. The van der Waals surface area contributed by atoms with Crippen molar-refractivity contribution in [1.29, 1.82) is 0 Å². The van der Waals surface area contributed by atoms with E-state index in [0.717, 1.165) is 17.8 Å². The lowest BCUT2D eigenvalue weighted by Crippen LogP contribution is -2.09. The summed E-state index contributed by atoms with van der Waals surface area (Å²) < 4.78 is 1.92. The van der Waals surface area contributed by atoms with Gasteiger partial charge in [0.2, 0.25) is 0 Å². The highest BCUT2D eigenvalue weighted by Crippen LogP contribution is 2.19. The molecule has 0 radical (unpaired) electrons. The molecule has 4 heteroatoms. The molecule has 0 spiro atoms. The molecule has 0 aliphatic carbocycles. The maximum atomic E-state index is 10.2. The van der Waals surface area contributed by atoms with Gasteiger partial charge in [0.25, 0.3) is 0 Å². The zero-order valence-corrected chi connectivity index (χ0v) is 9.46. The SMILES string of the molecule is CCn1ccnc1C(O)c1ccc(C)nc1. The van der Waals surface area contributed by atoms with Crippen LogP contribution in [-0.4, -0.2) is 19.6 Å². The lowest BCUT2D eigenvalue weighted by molar-refractivity contribution is 0.204. The Morgan fingerprint density at radius 2 is 2.19 bits per heavy atom. The Morgan fingerprint density at radius 3 is 2.81 bits per heavy atom. The molecule has 16 heavy (non-hydrogen) atoms. The van der Waals surface area contributed by atoms with Gasteiger partial charge in [-0.1, -0.05) is 6.07 Å². The molecule has 2 heterocycles. The van der Waals surface area contributed by atoms with Crippen LogP contribution in [0.4, 0.5) is 0 Å². The molecule has 2 rings (SSSR count). The Kier molecular flexibility index (Phi) is 3.01. The Bertz CT molecular complexity index is 461. The molecule has 0 aromatic carbocycles. The molecule has 0 aliphatic rings. The summed E-state index contributed by atoms with van der Waals surface area (Å²) in [4.78, 5) is 8.34. The zero-order chi connectivity index (χ0) is 11.5. The first-order valence-corrected chi connectivity index (χ1v) is 5.34. The van der Waals surface area contributed by atoms with Gasteiger partial charge in [-0.15, -0.1) is 0 Å². The third-order valence-corrected chi connectivity index (χ3v) is 2.58. The third kappa shape index (κ3) is 1.97. The van der Waals surface area contributed by atoms with E-state index in [4.69, 9.17) is 0 Å². The fourth-order valence-electron chi connectivity index (χ4n) is 1.63. The molecule has 1 unspecified atom stereocenters. The zero-order valence-electron chi connectivity index (χ0n) is 9.46. The lowest BCUT2D eigenvalue weighted by Gasteiger charge is -2.12. The number of aliphatic hydroxyl groups is 1. The van der Waals surface area contributed by atoms with Gasteiger partial charge < -0.3 is 9.67 Å². The number of pyridine rings is 1. The van der Waals surface area contributed by atoms with E-state index in [9.17, 15) is 5.11 Å². The van der Waals surface area contributed by atoms with Crippen molar-refractivity contribution < 1.29 is 5.11 Å². The summed E-state index contributed by atoms with van der Waals surface area (Å²) in [5, 5.41) is 10.2. The molecule has 0 aliphatic heterocycles. The van der Waals surface area contributed by atoms with Crippen molar-refractivity contribution in [3.63, 3.8) is 0 Å². The fourth-order valence-corrected chi connectivity index (χ4v) is 1.63. The van der Waals surface area contributed by atoms with Gasteiger partial charge in [-0.3, -0.25) is 4.98 Å². The molecule has 0 fully saturated rings. The Balaban J connectivity index is 2.31. The number of aromatic nitrogens is 3. The molecule has 1 N–H and O–H groups in total. The van der Waals surface area contributed by atoms with Crippen LogP contribution >= 0.6 is 0 Å². The maximum absolute atomic E-state index is 10.2. The smallest absolute Gasteiger partial charge is 0.142 e. The number of nitrogens with zero attached hydrogens (tertiary/aromatic N) is 3. The third-order valence-electron chi connectivity index (χ3n) is 2.58. The van der Waals surface area contributed by atoms with Crippen molar-refractivity contribution >= 4 is 0 Å². The van der Waals surface area contributed by atoms with Gasteiger partial charge in [0.1, 0.15) is 11.9 Å². The normalized spacial score (nSPS) is 12.7. The van der Waals surface area contributed by atoms with Crippen molar-refractivity contribution in [2.24, 2.45) is 0 Å². The van der Waals surface area contributed by atoms with E-state index < -0.39 is 6.10 Å². The van der Waals surface area contributed by atoms with Crippen LogP contribution in [0.1, 0.15) is 30.1 Å². The fraction of sp³-hybridized carbons (Fsp3) is 0.333. The molecular weight excluding hydrogens is 202 g/mol. The number of imidazole rings is 1. The van der Waals surface area contributed by atoms with Gasteiger partial charge >= 0.3 is 0 Å². The van der Waals surface area contributed by atoms with Gasteiger partial charge in [-0.2, -0.15) is 0 Å². The molecular formula is C12H15N3O. The summed E-state index contributed by atoms with van der Waals surface area (Å²) in [6, 6.07) is 3.76. The van der Waals surface area contributed by atoms with Crippen LogP contribution in [0.15, 0.2) is 30.7 Å². The van der Waals surface area contributed by atoms with Crippen LogP contribution in [0.5, 0.6) is 0 Å². The minimum absolute atomic E-state index is 0.660. The summed E-state index contributed by atoms with van der Waals surface area (Å²) in [5.41, 5.74) is 1.71. The molecule has 0 saturated heterocycles. The van der Waals surface area contributed by atoms with Gasteiger partial charge in [0.15, 0.2) is 0 Å². The standard InChI is InChI=1S/C12H15N3O/c1-3-15-7-6-13-12(15)11(16)10-5-4-9(2)14-8-10/h4-8,11,16H,3H2,1-2H3. The van der Waals surface area contributed by atoms with E-state index in [1.165, 1.54) is 0 Å². The van der Waals surface area contributed by atoms with Crippen LogP contribution in [0.3, 0.4) is 0 Å². The Morgan fingerprint density at radius 1 is 1.38 bits per heavy atom. The molecule has 2 aromatic rings. The van der Waals surface area contributed by atoms with Crippen LogP contribution < -0.4 is 0 Å². The summed E-state index contributed by atoms with van der Waals surface area (Å²) in [6.45, 7) is 4.74. The highest BCUT2D eigenvalue weighted by Gasteiger charge is 2.15. The monoisotopic (exact) mass is 217 g/mol. The molecule has 0 bridgehead atoms. The van der Waals surface area contributed by atoms with E-state index in [2.05, 4.69) is 9.97 Å². The van der Waals surface area contributed by atoms with Gasteiger partial charge in [0, 0.05) is 36.4 Å². The van der Waals surface area contributed by atoms with Crippen LogP contribution in [0, 0.1) is 6.92 Å². The first-order valence-electron chi connectivity index (χ1n) is 5.34. The lowest BCUT2D eigenvalue weighted by atomic mass is 10.1. The number of aryl methyl sites for hydroxylation is 2. The average Bonchev–Trinajstić information content (AvgIpc) is 2.77. The van der Waals surface area contributed by atoms with E-state index in [1.807, 2.05) is 36.7 Å². The van der Waals surface area contributed by atoms with Crippen molar-refractivity contribution in [2.45, 2.75) is 26.5 Å². The molecule has 1 atom stereocenters. The first-order chi connectivity index (χ1) is 7.72. The average molecular weight is 217 g/mol. The summed E-state index contributed by atoms with van der Waals surface area (Å²) in [5.74, 6) is 0.660. The van der Waals surface area contributed by atoms with E-state index in [1.54, 1.807) is 12.4 Å².